The van der Waals surface area contributed by atoms with Gasteiger partial charge in [0, 0.05) is 37.8 Å². The van der Waals surface area contributed by atoms with Crippen LogP contribution in [-0.4, -0.2) is 54.3 Å². The van der Waals surface area contributed by atoms with E-state index in [1.807, 2.05) is 39.0 Å². The molecule has 8 nitrogen and oxygen atoms in total. The van der Waals surface area contributed by atoms with Crippen LogP contribution in [0.4, 0.5) is 10.5 Å². The first-order valence-electron chi connectivity index (χ1n) is 10.8. The number of anilines is 1. The van der Waals surface area contributed by atoms with Crippen molar-refractivity contribution >= 4 is 29.3 Å². The average Bonchev–Trinajstić information content (AvgIpc) is 2.71. The van der Waals surface area contributed by atoms with Crippen molar-refractivity contribution in [1.82, 2.24) is 10.2 Å². The highest BCUT2D eigenvalue weighted by atomic mass is 16.6. The summed E-state index contributed by atoms with van der Waals surface area (Å²) < 4.78 is 5.47. The Morgan fingerprint density at radius 1 is 1.19 bits per heavy atom. The average molecular weight is 429 g/mol. The van der Waals surface area contributed by atoms with Crippen LogP contribution >= 0.6 is 0 Å². The van der Waals surface area contributed by atoms with Gasteiger partial charge in [-0.25, -0.2) is 4.79 Å². The van der Waals surface area contributed by atoms with Gasteiger partial charge in [-0.05, 0) is 57.6 Å². The summed E-state index contributed by atoms with van der Waals surface area (Å²) in [5, 5.41) is 14.0. The normalized spacial score (nSPS) is 20.3. The topological polar surface area (TPSA) is 112 Å². The minimum atomic E-state index is -0.618. The van der Waals surface area contributed by atoms with Crippen LogP contribution in [0.2, 0.25) is 0 Å². The summed E-state index contributed by atoms with van der Waals surface area (Å²) >= 11 is 0. The molecule has 1 aromatic rings. The molecule has 0 radical (unpaired) electrons. The Morgan fingerprint density at radius 3 is 2.45 bits per heavy atom. The molecule has 2 saturated heterocycles. The van der Waals surface area contributed by atoms with E-state index in [0.29, 0.717) is 31.0 Å². The second kappa shape index (κ2) is 9.08. The lowest BCUT2D eigenvalue weighted by Crippen LogP contribution is -2.44. The standard InChI is InChI=1S/C23H32N4O4/c1-23(2,3)31-22(30)27-11-9-14(10-12-27)15-5-6-16(18(13-15)25-4)20(24)17-7-8-19(28)26-21(17)29/h5-6,13-14,17,24-25H,7-12H2,1-4H3,(H,26,28,29). The van der Waals surface area contributed by atoms with E-state index in [1.54, 1.807) is 11.9 Å². The van der Waals surface area contributed by atoms with Crippen LogP contribution < -0.4 is 10.6 Å². The number of piperidine rings is 2. The molecule has 0 spiro atoms. The van der Waals surface area contributed by atoms with Gasteiger partial charge in [-0.3, -0.25) is 14.9 Å². The fourth-order valence-corrected chi connectivity index (χ4v) is 4.14. The van der Waals surface area contributed by atoms with Gasteiger partial charge in [0.05, 0.1) is 11.6 Å². The lowest BCUT2D eigenvalue weighted by molar-refractivity contribution is -0.134. The van der Waals surface area contributed by atoms with Gasteiger partial charge in [0.2, 0.25) is 11.8 Å². The van der Waals surface area contributed by atoms with E-state index in [0.717, 1.165) is 24.1 Å². The van der Waals surface area contributed by atoms with Crippen molar-refractivity contribution in [2.45, 2.75) is 58.0 Å². The van der Waals surface area contributed by atoms with Crippen molar-refractivity contribution in [3.05, 3.63) is 29.3 Å². The molecule has 3 N–H and O–H groups in total. The quantitative estimate of drug-likeness (QED) is 0.503. The third kappa shape index (κ3) is 5.42. The fourth-order valence-electron chi connectivity index (χ4n) is 4.14. The third-order valence-electron chi connectivity index (χ3n) is 5.81. The zero-order valence-electron chi connectivity index (χ0n) is 18.7. The van der Waals surface area contributed by atoms with Crippen LogP contribution in [0.1, 0.15) is 63.5 Å². The van der Waals surface area contributed by atoms with Crippen molar-refractivity contribution in [1.29, 1.82) is 5.41 Å². The molecule has 168 valence electrons. The summed E-state index contributed by atoms with van der Waals surface area (Å²) in [5.41, 5.74) is 2.33. The Kier molecular flexibility index (Phi) is 6.67. The molecular formula is C23H32N4O4. The number of carbonyl (C=O) groups excluding carboxylic acids is 3. The Morgan fingerprint density at radius 2 is 1.87 bits per heavy atom. The van der Waals surface area contributed by atoms with Gasteiger partial charge in [0.15, 0.2) is 0 Å². The molecule has 3 rings (SSSR count). The number of nitrogens with one attached hydrogen (secondary N) is 3. The predicted octanol–water partition coefficient (Wildman–Crippen LogP) is 3.26. The molecule has 2 aliphatic rings. The van der Waals surface area contributed by atoms with Crippen molar-refractivity contribution in [3.63, 3.8) is 0 Å². The molecule has 0 aliphatic carbocycles. The summed E-state index contributed by atoms with van der Waals surface area (Å²) in [6.07, 6.45) is 2.02. The third-order valence-corrected chi connectivity index (χ3v) is 5.81. The van der Waals surface area contributed by atoms with E-state index in [-0.39, 0.29) is 24.1 Å². The fraction of sp³-hybridized carbons (Fsp3) is 0.565. The molecule has 8 heteroatoms. The van der Waals surface area contributed by atoms with E-state index in [1.165, 1.54) is 0 Å². The van der Waals surface area contributed by atoms with Gasteiger partial charge in [0.1, 0.15) is 5.60 Å². The van der Waals surface area contributed by atoms with Gasteiger partial charge in [-0.2, -0.15) is 0 Å². The van der Waals surface area contributed by atoms with E-state index >= 15 is 0 Å². The minimum absolute atomic E-state index is 0.223. The molecule has 0 aromatic heterocycles. The summed E-state index contributed by atoms with van der Waals surface area (Å²) in [7, 11) is 1.80. The van der Waals surface area contributed by atoms with Crippen LogP contribution in [0, 0.1) is 11.3 Å². The van der Waals surface area contributed by atoms with Gasteiger partial charge in [-0.15, -0.1) is 0 Å². The maximum Gasteiger partial charge on any atom is 0.410 e. The predicted molar refractivity (Wildman–Crippen MR) is 118 cm³/mol. The van der Waals surface area contributed by atoms with Crippen molar-refractivity contribution in [3.8, 4) is 0 Å². The zero-order chi connectivity index (χ0) is 22.8. The van der Waals surface area contributed by atoms with Gasteiger partial charge < -0.3 is 20.4 Å². The molecular weight excluding hydrogens is 396 g/mol. The smallest absolute Gasteiger partial charge is 0.410 e. The number of ether oxygens (including phenoxy) is 1. The molecule has 1 atom stereocenters. The Bertz CT molecular complexity index is 882. The number of hydrogen-bond donors (Lipinski definition) is 3. The lowest BCUT2D eigenvalue weighted by Gasteiger charge is -2.34. The van der Waals surface area contributed by atoms with Crippen molar-refractivity contribution in [2.75, 3.05) is 25.5 Å². The maximum absolute atomic E-state index is 12.3. The number of amides is 3. The molecule has 2 aliphatic heterocycles. The second-order valence-corrected chi connectivity index (χ2v) is 9.21. The van der Waals surface area contributed by atoms with E-state index in [2.05, 4.69) is 10.6 Å². The summed E-state index contributed by atoms with van der Waals surface area (Å²) in [5.74, 6) is -0.991. The summed E-state index contributed by atoms with van der Waals surface area (Å²) in [6, 6.07) is 5.92. The minimum Gasteiger partial charge on any atom is -0.444 e. The molecule has 2 heterocycles. The first-order chi connectivity index (χ1) is 14.6. The highest BCUT2D eigenvalue weighted by molar-refractivity contribution is 6.17. The first-order valence-corrected chi connectivity index (χ1v) is 10.8. The molecule has 1 unspecified atom stereocenters. The maximum atomic E-state index is 12.3. The number of nitrogens with zero attached hydrogens (tertiary/aromatic N) is 1. The largest absolute Gasteiger partial charge is 0.444 e. The van der Waals surface area contributed by atoms with E-state index < -0.39 is 17.4 Å². The molecule has 1 aromatic carbocycles. The molecule has 31 heavy (non-hydrogen) atoms. The number of carbonyl (C=O) groups is 3. The van der Waals surface area contributed by atoms with Gasteiger partial charge in [-0.1, -0.05) is 12.1 Å². The van der Waals surface area contributed by atoms with E-state index in [4.69, 9.17) is 10.1 Å². The highest BCUT2D eigenvalue weighted by Gasteiger charge is 2.32. The van der Waals surface area contributed by atoms with Crippen LogP contribution in [0.25, 0.3) is 0 Å². The van der Waals surface area contributed by atoms with Gasteiger partial charge in [0.25, 0.3) is 0 Å². The number of hydrogen-bond acceptors (Lipinski definition) is 6. The van der Waals surface area contributed by atoms with Crippen LogP contribution in [0.15, 0.2) is 18.2 Å². The number of benzene rings is 1. The highest BCUT2D eigenvalue weighted by Crippen LogP contribution is 2.32. The lowest BCUT2D eigenvalue weighted by atomic mass is 9.85. The van der Waals surface area contributed by atoms with Crippen LogP contribution in [-0.2, 0) is 14.3 Å². The van der Waals surface area contributed by atoms with Crippen molar-refractivity contribution in [2.24, 2.45) is 5.92 Å². The van der Waals surface area contributed by atoms with Crippen LogP contribution in [0.3, 0.4) is 0 Å². The monoisotopic (exact) mass is 428 g/mol. The van der Waals surface area contributed by atoms with Gasteiger partial charge >= 0.3 is 6.09 Å². The van der Waals surface area contributed by atoms with Crippen molar-refractivity contribution < 1.29 is 19.1 Å². The first kappa shape index (κ1) is 22.8. The molecule has 2 fully saturated rings. The molecule has 0 saturated carbocycles. The molecule has 3 amide bonds. The number of rotatable bonds is 4. The Balaban J connectivity index is 1.68. The molecule has 0 bridgehead atoms. The van der Waals surface area contributed by atoms with E-state index in [9.17, 15) is 14.4 Å². The number of imide groups is 1. The van der Waals surface area contributed by atoms with Crippen LogP contribution in [0.5, 0.6) is 0 Å². The SMILES string of the molecule is CNc1cc(C2CCN(C(=O)OC(C)(C)C)CC2)ccc1C(=N)C1CCC(=O)NC1=O. The second-order valence-electron chi connectivity index (χ2n) is 9.21. The summed E-state index contributed by atoms with van der Waals surface area (Å²) in [6.45, 7) is 6.88. The summed E-state index contributed by atoms with van der Waals surface area (Å²) in [4.78, 5) is 37.6. The Hall–Kier alpha value is -2.90. The Labute approximate surface area is 183 Å². The zero-order valence-corrected chi connectivity index (χ0v) is 18.7. The number of likely N-dealkylation sites (tertiary alicyclic amines) is 1.